The first kappa shape index (κ1) is 24.7. The summed E-state index contributed by atoms with van der Waals surface area (Å²) in [5.74, 6) is -0.232. The summed E-state index contributed by atoms with van der Waals surface area (Å²) in [6, 6.07) is 19.6. The summed E-state index contributed by atoms with van der Waals surface area (Å²) in [6.07, 6.45) is 5.13. The molecule has 1 unspecified atom stereocenters. The number of benzene rings is 3. The van der Waals surface area contributed by atoms with Crippen LogP contribution in [-0.2, 0) is 11.3 Å². The van der Waals surface area contributed by atoms with E-state index in [9.17, 15) is 14.0 Å². The Morgan fingerprint density at radius 1 is 1.00 bits per heavy atom. The molecule has 2 amide bonds. The molecule has 1 aliphatic heterocycles. The lowest BCUT2D eigenvalue weighted by Crippen LogP contribution is -2.55. The monoisotopic (exact) mass is 499 g/mol. The van der Waals surface area contributed by atoms with Crippen LogP contribution in [0.2, 0.25) is 0 Å². The number of methoxy groups -OCH3 is 1. The van der Waals surface area contributed by atoms with Gasteiger partial charge in [-0.05, 0) is 72.5 Å². The lowest BCUT2D eigenvalue weighted by Gasteiger charge is -2.33. The van der Waals surface area contributed by atoms with Crippen molar-refractivity contribution in [1.82, 2.24) is 10.2 Å². The van der Waals surface area contributed by atoms with E-state index in [1.165, 1.54) is 18.6 Å². The summed E-state index contributed by atoms with van der Waals surface area (Å²) in [7, 11) is 1.60. The van der Waals surface area contributed by atoms with Crippen molar-refractivity contribution in [2.45, 2.75) is 50.7 Å². The van der Waals surface area contributed by atoms with Gasteiger partial charge in [0.15, 0.2) is 6.04 Å². The number of para-hydroxylation sites is 1. The van der Waals surface area contributed by atoms with Gasteiger partial charge in [0.2, 0.25) is 5.91 Å². The number of ether oxygens (including phenoxy) is 1. The lowest BCUT2D eigenvalue weighted by atomic mass is 9.94. The molecule has 1 aliphatic carbocycles. The average molecular weight is 500 g/mol. The molecule has 0 saturated heterocycles. The molecule has 1 heterocycles. The van der Waals surface area contributed by atoms with Crippen molar-refractivity contribution in [3.8, 4) is 5.75 Å². The highest BCUT2D eigenvalue weighted by atomic mass is 19.1. The Hall–Kier alpha value is -4.00. The minimum Gasteiger partial charge on any atom is -0.497 e. The molecular weight excluding hydrogens is 469 g/mol. The SMILES string of the molecule is COc1ccc(C2=Nc3ccccc3C(=O)N(Cc3ccc(F)cc3)C2C(=O)NC2CCCCC2)cc1. The zero-order valence-electron chi connectivity index (χ0n) is 20.8. The van der Waals surface area contributed by atoms with Gasteiger partial charge in [-0.2, -0.15) is 0 Å². The van der Waals surface area contributed by atoms with E-state index in [1.807, 2.05) is 30.3 Å². The van der Waals surface area contributed by atoms with Gasteiger partial charge in [0, 0.05) is 12.6 Å². The molecule has 5 rings (SSSR count). The molecule has 3 aromatic rings. The van der Waals surface area contributed by atoms with Crippen molar-refractivity contribution in [3.05, 3.63) is 95.3 Å². The Labute approximate surface area is 216 Å². The largest absolute Gasteiger partial charge is 0.497 e. The molecule has 0 spiro atoms. The molecule has 0 bridgehead atoms. The van der Waals surface area contributed by atoms with E-state index >= 15 is 0 Å². The Morgan fingerprint density at radius 3 is 2.41 bits per heavy atom. The summed E-state index contributed by atoms with van der Waals surface area (Å²) in [6.45, 7) is 0.130. The van der Waals surface area contributed by atoms with Gasteiger partial charge in [0.1, 0.15) is 11.6 Å². The number of fused-ring (bicyclic) bond motifs is 1. The number of amides is 2. The van der Waals surface area contributed by atoms with Gasteiger partial charge < -0.3 is 15.0 Å². The number of nitrogens with zero attached hydrogens (tertiary/aromatic N) is 2. The number of rotatable bonds is 6. The van der Waals surface area contributed by atoms with Crippen LogP contribution in [0.3, 0.4) is 0 Å². The first-order valence-corrected chi connectivity index (χ1v) is 12.7. The van der Waals surface area contributed by atoms with Gasteiger partial charge in [-0.15, -0.1) is 0 Å². The third-order valence-corrected chi connectivity index (χ3v) is 7.06. The molecular formula is C30H30FN3O3. The number of nitrogens with one attached hydrogen (secondary N) is 1. The second-order valence-electron chi connectivity index (χ2n) is 9.55. The Balaban J connectivity index is 1.62. The maximum Gasteiger partial charge on any atom is 0.257 e. The van der Waals surface area contributed by atoms with Gasteiger partial charge in [-0.1, -0.05) is 43.5 Å². The molecule has 1 fully saturated rings. The normalized spacial score (nSPS) is 18.0. The topological polar surface area (TPSA) is 71.0 Å². The molecule has 1 saturated carbocycles. The smallest absolute Gasteiger partial charge is 0.257 e. The summed E-state index contributed by atoms with van der Waals surface area (Å²) in [4.78, 5) is 34.4. The molecule has 37 heavy (non-hydrogen) atoms. The van der Waals surface area contributed by atoms with Crippen molar-refractivity contribution in [1.29, 1.82) is 0 Å². The van der Waals surface area contributed by atoms with Gasteiger partial charge >= 0.3 is 0 Å². The number of carbonyl (C=O) groups is 2. The maximum atomic E-state index is 14.0. The molecule has 6 nitrogen and oxygen atoms in total. The van der Waals surface area contributed by atoms with Crippen LogP contribution < -0.4 is 10.1 Å². The third kappa shape index (κ3) is 5.40. The van der Waals surface area contributed by atoms with Gasteiger partial charge in [-0.25, -0.2) is 9.38 Å². The van der Waals surface area contributed by atoms with E-state index in [0.717, 1.165) is 36.8 Å². The van der Waals surface area contributed by atoms with E-state index < -0.39 is 6.04 Å². The molecule has 190 valence electrons. The molecule has 1 N–H and O–H groups in total. The molecule has 2 aliphatic rings. The Kier molecular flexibility index (Phi) is 7.30. The second kappa shape index (κ2) is 10.9. The van der Waals surface area contributed by atoms with Crippen molar-refractivity contribution < 1.29 is 18.7 Å². The van der Waals surface area contributed by atoms with Crippen LogP contribution in [0.1, 0.15) is 53.6 Å². The lowest BCUT2D eigenvalue weighted by molar-refractivity contribution is -0.124. The first-order valence-electron chi connectivity index (χ1n) is 12.7. The molecule has 3 aromatic carbocycles. The summed E-state index contributed by atoms with van der Waals surface area (Å²) >= 11 is 0. The van der Waals surface area contributed by atoms with Crippen LogP contribution in [0.4, 0.5) is 10.1 Å². The van der Waals surface area contributed by atoms with E-state index in [-0.39, 0.29) is 30.2 Å². The first-order chi connectivity index (χ1) is 18.0. The number of halogens is 1. The summed E-state index contributed by atoms with van der Waals surface area (Å²) in [5.41, 5.74) is 2.85. The van der Waals surface area contributed by atoms with E-state index in [2.05, 4.69) is 5.32 Å². The highest BCUT2D eigenvalue weighted by Crippen LogP contribution is 2.30. The predicted octanol–water partition coefficient (Wildman–Crippen LogP) is 5.43. The van der Waals surface area contributed by atoms with Crippen molar-refractivity contribution in [2.24, 2.45) is 4.99 Å². The molecule has 0 aromatic heterocycles. The Bertz CT molecular complexity index is 1300. The fourth-order valence-corrected chi connectivity index (χ4v) is 5.09. The second-order valence-corrected chi connectivity index (χ2v) is 9.55. The minimum absolute atomic E-state index is 0.0618. The van der Waals surface area contributed by atoms with Crippen LogP contribution in [0.25, 0.3) is 0 Å². The standard InChI is InChI=1S/C30H30FN3O3/c1-37-24-17-13-21(14-18-24)27-28(29(35)32-23-7-3-2-4-8-23)34(19-20-11-15-22(31)16-12-20)30(36)25-9-5-6-10-26(25)33-27/h5-6,9-18,23,28H,2-4,7-8,19H2,1H3,(H,32,35). The van der Waals surface area contributed by atoms with Gasteiger partial charge in [-0.3, -0.25) is 9.59 Å². The highest BCUT2D eigenvalue weighted by Gasteiger charge is 2.39. The zero-order chi connectivity index (χ0) is 25.8. The molecule has 7 heteroatoms. The van der Waals surface area contributed by atoms with E-state index in [4.69, 9.17) is 9.73 Å². The summed E-state index contributed by atoms with van der Waals surface area (Å²) in [5, 5.41) is 3.21. The van der Waals surface area contributed by atoms with Crippen molar-refractivity contribution in [2.75, 3.05) is 7.11 Å². The van der Waals surface area contributed by atoms with Gasteiger partial charge in [0.05, 0.1) is 24.1 Å². The van der Waals surface area contributed by atoms with Crippen molar-refractivity contribution in [3.63, 3.8) is 0 Å². The maximum absolute atomic E-state index is 14.0. The Morgan fingerprint density at radius 2 is 1.70 bits per heavy atom. The van der Waals surface area contributed by atoms with Crippen LogP contribution in [0.5, 0.6) is 5.75 Å². The third-order valence-electron chi connectivity index (χ3n) is 7.06. The number of hydrogen-bond donors (Lipinski definition) is 1. The minimum atomic E-state index is -0.972. The number of hydrogen-bond acceptors (Lipinski definition) is 4. The van der Waals surface area contributed by atoms with E-state index in [0.29, 0.717) is 22.7 Å². The number of carbonyl (C=O) groups excluding carboxylic acids is 2. The van der Waals surface area contributed by atoms with Crippen molar-refractivity contribution >= 4 is 23.2 Å². The fraction of sp³-hybridized carbons (Fsp3) is 0.300. The van der Waals surface area contributed by atoms with Crippen LogP contribution in [0, 0.1) is 5.82 Å². The van der Waals surface area contributed by atoms with E-state index in [1.54, 1.807) is 42.3 Å². The molecule has 0 radical (unpaired) electrons. The highest BCUT2D eigenvalue weighted by molar-refractivity contribution is 6.21. The fourth-order valence-electron chi connectivity index (χ4n) is 5.09. The summed E-state index contributed by atoms with van der Waals surface area (Å²) < 4.78 is 19.0. The van der Waals surface area contributed by atoms with Crippen LogP contribution in [0.15, 0.2) is 77.8 Å². The predicted molar refractivity (Wildman–Crippen MR) is 141 cm³/mol. The van der Waals surface area contributed by atoms with Gasteiger partial charge in [0.25, 0.3) is 5.91 Å². The van der Waals surface area contributed by atoms with Crippen LogP contribution >= 0.6 is 0 Å². The zero-order valence-corrected chi connectivity index (χ0v) is 20.8. The average Bonchev–Trinajstić information content (AvgIpc) is 3.05. The quantitative estimate of drug-likeness (QED) is 0.492. The number of aliphatic imine (C=N–C) groups is 1. The molecule has 1 atom stereocenters. The van der Waals surface area contributed by atoms with Crippen LogP contribution in [-0.4, -0.2) is 41.6 Å².